The molecular weight excluding hydrogens is 338 g/mol. The van der Waals surface area contributed by atoms with Gasteiger partial charge in [0.2, 0.25) is 0 Å². The van der Waals surface area contributed by atoms with Gasteiger partial charge in [0.05, 0.1) is 10.9 Å². The van der Waals surface area contributed by atoms with Gasteiger partial charge >= 0.3 is 0 Å². The molecule has 0 aliphatic carbocycles. The van der Waals surface area contributed by atoms with Crippen molar-refractivity contribution < 1.29 is 0 Å². The molecule has 1 aromatic carbocycles. The molecule has 1 atom stereocenters. The minimum absolute atomic E-state index is 0.0388. The monoisotopic (exact) mass is 351 g/mol. The molecule has 4 nitrogen and oxygen atoms in total. The Hall–Kier alpha value is -2.36. The fourth-order valence-electron chi connectivity index (χ4n) is 2.91. The van der Waals surface area contributed by atoms with E-state index in [2.05, 4.69) is 23.2 Å². The van der Waals surface area contributed by atoms with Crippen molar-refractivity contribution in [3.8, 4) is 16.6 Å². The van der Waals surface area contributed by atoms with Crippen LogP contribution in [0.15, 0.2) is 57.8 Å². The summed E-state index contributed by atoms with van der Waals surface area (Å²) >= 11 is 3.08. The second-order valence-electron chi connectivity index (χ2n) is 5.54. The van der Waals surface area contributed by atoms with E-state index in [0.29, 0.717) is 10.9 Å². The third-order valence-corrected chi connectivity index (χ3v) is 6.01. The van der Waals surface area contributed by atoms with E-state index in [0.717, 1.165) is 17.1 Å². The molecule has 1 aliphatic heterocycles. The molecule has 0 radical (unpaired) electrons. The second-order valence-corrected chi connectivity index (χ2v) is 7.47. The normalized spacial score (nSPS) is 15.9. The van der Waals surface area contributed by atoms with Crippen LogP contribution in [0.1, 0.15) is 17.2 Å². The molecule has 0 amide bonds. The summed E-state index contributed by atoms with van der Waals surface area (Å²) in [6.45, 7) is 0. The first-order chi connectivity index (χ1) is 11.8. The summed E-state index contributed by atoms with van der Waals surface area (Å²) in [5.74, 6) is 0.801. The average Bonchev–Trinajstić information content (AvgIpc) is 3.26. The zero-order valence-corrected chi connectivity index (χ0v) is 14.3. The van der Waals surface area contributed by atoms with Crippen molar-refractivity contribution in [3.05, 3.63) is 69.3 Å². The van der Waals surface area contributed by atoms with Gasteiger partial charge in [-0.3, -0.25) is 9.36 Å². The number of aromatic nitrogens is 2. The van der Waals surface area contributed by atoms with Gasteiger partial charge in [0.15, 0.2) is 5.16 Å². The Balaban J connectivity index is 1.80. The Bertz CT molecular complexity index is 972. The lowest BCUT2D eigenvalue weighted by molar-refractivity contribution is 0.501. The summed E-state index contributed by atoms with van der Waals surface area (Å²) in [4.78, 5) is 18.4. The Kier molecular flexibility index (Phi) is 3.97. The van der Waals surface area contributed by atoms with Gasteiger partial charge in [-0.1, -0.05) is 48.2 Å². The molecule has 6 heteroatoms. The molecule has 0 bridgehead atoms. The molecule has 0 saturated heterocycles. The quantitative estimate of drug-likeness (QED) is 0.675. The lowest BCUT2D eigenvalue weighted by atomic mass is 10.1. The molecule has 4 rings (SSSR count). The van der Waals surface area contributed by atoms with Gasteiger partial charge < -0.3 is 0 Å². The second kappa shape index (κ2) is 6.27. The first-order valence-electron chi connectivity index (χ1n) is 7.55. The maximum absolute atomic E-state index is 12.9. The molecule has 1 aliphatic rings. The highest BCUT2D eigenvalue weighted by Gasteiger charge is 2.29. The third kappa shape index (κ3) is 2.56. The van der Waals surface area contributed by atoms with E-state index in [1.165, 1.54) is 16.9 Å². The van der Waals surface area contributed by atoms with Crippen LogP contribution in [0.2, 0.25) is 0 Å². The SMILES string of the molecule is N#Cc1c(-c2cccs2)nc2n(c1=O)C(Cc1ccccc1)CS2. The highest BCUT2D eigenvalue weighted by molar-refractivity contribution is 7.99. The van der Waals surface area contributed by atoms with Crippen LogP contribution in [0, 0.1) is 11.3 Å². The fraction of sp³-hybridized carbons (Fsp3) is 0.167. The lowest BCUT2D eigenvalue weighted by Crippen LogP contribution is -2.28. The smallest absolute Gasteiger partial charge is 0.273 e. The van der Waals surface area contributed by atoms with Gasteiger partial charge in [0.1, 0.15) is 17.3 Å². The summed E-state index contributed by atoms with van der Waals surface area (Å²) in [5, 5.41) is 12.1. The van der Waals surface area contributed by atoms with Crippen LogP contribution in [0.4, 0.5) is 0 Å². The Labute approximate surface area is 147 Å². The number of thioether (sulfide) groups is 1. The standard InChI is InChI=1S/C18H13N3OS2/c19-10-14-16(15-7-4-8-23-15)20-18-21(17(14)22)13(11-24-18)9-12-5-2-1-3-6-12/h1-8,13H,9,11H2. The summed E-state index contributed by atoms with van der Waals surface area (Å²) in [7, 11) is 0. The molecule has 0 N–H and O–H groups in total. The molecule has 0 fully saturated rings. The van der Waals surface area contributed by atoms with Gasteiger partial charge in [-0.2, -0.15) is 5.26 Å². The van der Waals surface area contributed by atoms with Crippen molar-refractivity contribution in [1.82, 2.24) is 9.55 Å². The lowest BCUT2D eigenvalue weighted by Gasteiger charge is -2.14. The van der Waals surface area contributed by atoms with Crippen LogP contribution < -0.4 is 5.56 Å². The fourth-order valence-corrected chi connectivity index (χ4v) is 4.77. The van der Waals surface area contributed by atoms with Gasteiger partial charge in [-0.05, 0) is 23.4 Å². The first-order valence-corrected chi connectivity index (χ1v) is 9.41. The van der Waals surface area contributed by atoms with Crippen LogP contribution in [-0.4, -0.2) is 15.3 Å². The van der Waals surface area contributed by atoms with E-state index in [1.54, 1.807) is 16.3 Å². The van der Waals surface area contributed by atoms with Gasteiger partial charge in [-0.25, -0.2) is 4.98 Å². The zero-order chi connectivity index (χ0) is 16.5. The number of rotatable bonds is 3. The predicted octanol–water partition coefficient (Wildman–Crippen LogP) is 3.73. The summed E-state index contributed by atoms with van der Waals surface area (Å²) < 4.78 is 1.70. The van der Waals surface area contributed by atoms with Crippen LogP contribution >= 0.6 is 23.1 Å². The molecule has 3 aromatic rings. The number of thiophene rings is 1. The van der Waals surface area contributed by atoms with Crippen molar-refractivity contribution in [1.29, 1.82) is 5.26 Å². The molecular formula is C18H13N3OS2. The minimum Gasteiger partial charge on any atom is -0.282 e. The van der Waals surface area contributed by atoms with Crippen molar-refractivity contribution >= 4 is 23.1 Å². The third-order valence-electron chi connectivity index (χ3n) is 4.03. The molecule has 118 valence electrons. The van der Waals surface area contributed by atoms with Crippen LogP contribution in [0.25, 0.3) is 10.6 Å². The number of benzene rings is 1. The van der Waals surface area contributed by atoms with E-state index >= 15 is 0 Å². The molecule has 0 spiro atoms. The summed E-state index contributed by atoms with van der Waals surface area (Å²) in [6, 6.07) is 16.0. The number of hydrogen-bond acceptors (Lipinski definition) is 5. The molecule has 2 aromatic heterocycles. The maximum Gasteiger partial charge on any atom is 0.273 e. The van der Waals surface area contributed by atoms with E-state index in [4.69, 9.17) is 0 Å². The summed E-state index contributed by atoms with van der Waals surface area (Å²) in [5.41, 5.74) is 1.61. The Morgan fingerprint density at radius 1 is 1.25 bits per heavy atom. The van der Waals surface area contributed by atoms with E-state index in [9.17, 15) is 10.1 Å². The van der Waals surface area contributed by atoms with E-state index < -0.39 is 0 Å². The van der Waals surface area contributed by atoms with Gasteiger partial charge in [0, 0.05) is 5.75 Å². The van der Waals surface area contributed by atoms with Crippen molar-refractivity contribution in [2.45, 2.75) is 17.6 Å². The van der Waals surface area contributed by atoms with Crippen molar-refractivity contribution in [2.75, 3.05) is 5.75 Å². The minimum atomic E-state index is -0.225. The van der Waals surface area contributed by atoms with E-state index in [1.807, 2.05) is 35.7 Å². The van der Waals surface area contributed by atoms with Gasteiger partial charge in [-0.15, -0.1) is 11.3 Å². The van der Waals surface area contributed by atoms with Crippen LogP contribution in [0.3, 0.4) is 0 Å². The number of hydrogen-bond donors (Lipinski definition) is 0. The molecule has 24 heavy (non-hydrogen) atoms. The molecule has 0 saturated carbocycles. The summed E-state index contributed by atoms with van der Waals surface area (Å²) in [6.07, 6.45) is 0.769. The molecule has 1 unspecified atom stereocenters. The molecule has 3 heterocycles. The Morgan fingerprint density at radius 2 is 2.08 bits per heavy atom. The van der Waals surface area contributed by atoms with Gasteiger partial charge in [0.25, 0.3) is 5.56 Å². The maximum atomic E-state index is 12.9. The Morgan fingerprint density at radius 3 is 2.79 bits per heavy atom. The highest BCUT2D eigenvalue weighted by atomic mass is 32.2. The van der Waals surface area contributed by atoms with Crippen LogP contribution in [0.5, 0.6) is 0 Å². The zero-order valence-electron chi connectivity index (χ0n) is 12.7. The van der Waals surface area contributed by atoms with Crippen molar-refractivity contribution in [3.63, 3.8) is 0 Å². The van der Waals surface area contributed by atoms with E-state index in [-0.39, 0.29) is 17.2 Å². The largest absolute Gasteiger partial charge is 0.282 e. The topological polar surface area (TPSA) is 58.7 Å². The number of fused-ring (bicyclic) bond motifs is 1. The average molecular weight is 351 g/mol. The van der Waals surface area contributed by atoms with Crippen LogP contribution in [-0.2, 0) is 6.42 Å². The predicted molar refractivity (Wildman–Crippen MR) is 96.4 cm³/mol. The number of nitrogens with zero attached hydrogens (tertiary/aromatic N) is 3. The van der Waals surface area contributed by atoms with Crippen molar-refractivity contribution in [2.24, 2.45) is 0 Å². The first kappa shape index (κ1) is 15.2. The number of nitriles is 1. The highest BCUT2D eigenvalue weighted by Crippen LogP contribution is 2.35.